The second kappa shape index (κ2) is 6.91. The Morgan fingerprint density at radius 2 is 2.13 bits per heavy atom. The lowest BCUT2D eigenvalue weighted by molar-refractivity contribution is 0.0508. The number of carbonyl (C=O) groups is 2. The second-order valence-corrected chi connectivity index (χ2v) is 7.24. The Kier molecular flexibility index (Phi) is 5.15. The van der Waals surface area contributed by atoms with E-state index >= 15 is 0 Å². The number of nitrogens with zero attached hydrogens (tertiary/aromatic N) is 1. The Balaban J connectivity index is 2.12. The molecule has 1 atom stereocenters. The van der Waals surface area contributed by atoms with Crippen molar-refractivity contribution in [2.45, 2.75) is 39.3 Å². The highest BCUT2D eigenvalue weighted by atomic mass is 32.1. The number of amides is 1. The molecule has 6 heteroatoms. The molecule has 0 fully saturated rings. The molecule has 1 amide bonds. The molecule has 1 N–H and O–H groups in total. The number of aldehydes is 1. The first-order chi connectivity index (χ1) is 10.8. The van der Waals surface area contributed by atoms with Gasteiger partial charge in [0, 0.05) is 6.20 Å². The van der Waals surface area contributed by atoms with E-state index in [4.69, 9.17) is 4.74 Å². The van der Waals surface area contributed by atoms with Gasteiger partial charge in [0.05, 0.1) is 10.9 Å². The van der Waals surface area contributed by atoms with Crippen LogP contribution in [0.1, 0.15) is 49.1 Å². The van der Waals surface area contributed by atoms with Gasteiger partial charge >= 0.3 is 6.09 Å². The molecule has 2 aromatic rings. The third kappa shape index (κ3) is 4.89. The second-order valence-electron chi connectivity index (χ2n) is 6.17. The number of alkyl carbamates (subject to hydrolysis) is 1. The van der Waals surface area contributed by atoms with Crippen LogP contribution >= 0.6 is 11.3 Å². The first kappa shape index (κ1) is 17.1. The summed E-state index contributed by atoms with van der Waals surface area (Å²) in [5.74, 6) is 0. The molecule has 2 rings (SSSR count). The van der Waals surface area contributed by atoms with Crippen LogP contribution in [0.25, 0.3) is 10.4 Å². The van der Waals surface area contributed by atoms with E-state index in [2.05, 4.69) is 10.3 Å². The molecule has 0 bridgehead atoms. The van der Waals surface area contributed by atoms with E-state index in [-0.39, 0.29) is 6.04 Å². The lowest BCUT2D eigenvalue weighted by Crippen LogP contribution is -2.34. The van der Waals surface area contributed by atoms with Crippen LogP contribution in [0.15, 0.2) is 30.5 Å². The maximum atomic E-state index is 11.9. The maximum Gasteiger partial charge on any atom is 0.408 e. The molecule has 1 aromatic heterocycles. The van der Waals surface area contributed by atoms with Crippen molar-refractivity contribution in [3.05, 3.63) is 41.0 Å². The molecule has 0 aliphatic heterocycles. The highest BCUT2D eigenvalue weighted by molar-refractivity contribution is 7.16. The Morgan fingerprint density at radius 3 is 2.74 bits per heavy atom. The topological polar surface area (TPSA) is 68.3 Å². The molecule has 0 radical (unpaired) electrons. The van der Waals surface area contributed by atoms with Crippen molar-refractivity contribution in [1.29, 1.82) is 0 Å². The first-order valence-electron chi connectivity index (χ1n) is 7.29. The quantitative estimate of drug-likeness (QED) is 0.852. The van der Waals surface area contributed by atoms with Crippen LogP contribution in [0.5, 0.6) is 0 Å². The highest BCUT2D eigenvalue weighted by Crippen LogP contribution is 2.27. The molecule has 0 aliphatic carbocycles. The number of hydrogen-bond donors (Lipinski definition) is 1. The third-order valence-electron chi connectivity index (χ3n) is 3.03. The summed E-state index contributed by atoms with van der Waals surface area (Å²) in [6, 6.07) is 7.59. The fraction of sp³-hybridized carbons (Fsp3) is 0.353. The summed E-state index contributed by atoms with van der Waals surface area (Å²) in [6.07, 6.45) is 1.97. The normalized spacial score (nSPS) is 12.5. The summed E-state index contributed by atoms with van der Waals surface area (Å²) < 4.78 is 5.27. The number of rotatable bonds is 4. The van der Waals surface area contributed by atoms with Crippen LogP contribution in [-0.2, 0) is 4.74 Å². The molecule has 5 nitrogen and oxygen atoms in total. The number of hydrogen-bond acceptors (Lipinski definition) is 5. The van der Waals surface area contributed by atoms with Crippen LogP contribution in [0.3, 0.4) is 0 Å². The van der Waals surface area contributed by atoms with Gasteiger partial charge in [-0.05, 0) is 44.9 Å². The zero-order chi connectivity index (χ0) is 17.0. The largest absolute Gasteiger partial charge is 0.444 e. The third-order valence-corrected chi connectivity index (χ3v) is 4.00. The zero-order valence-corrected chi connectivity index (χ0v) is 14.4. The van der Waals surface area contributed by atoms with Crippen molar-refractivity contribution in [1.82, 2.24) is 10.3 Å². The maximum absolute atomic E-state index is 11.9. The lowest BCUT2D eigenvalue weighted by atomic mass is 10.0. The van der Waals surface area contributed by atoms with Gasteiger partial charge in [-0.3, -0.25) is 4.79 Å². The molecule has 1 heterocycles. The van der Waals surface area contributed by atoms with Crippen molar-refractivity contribution in [2.75, 3.05) is 0 Å². The van der Waals surface area contributed by atoms with E-state index in [9.17, 15) is 9.59 Å². The number of benzene rings is 1. The summed E-state index contributed by atoms with van der Waals surface area (Å²) in [6.45, 7) is 7.37. The minimum Gasteiger partial charge on any atom is -0.444 e. The van der Waals surface area contributed by atoms with Crippen LogP contribution in [0, 0.1) is 0 Å². The van der Waals surface area contributed by atoms with Gasteiger partial charge in [-0.1, -0.05) is 18.2 Å². The van der Waals surface area contributed by atoms with Crippen molar-refractivity contribution in [2.24, 2.45) is 0 Å². The number of aromatic nitrogens is 1. The fourth-order valence-electron chi connectivity index (χ4n) is 2.00. The molecule has 0 saturated carbocycles. The van der Waals surface area contributed by atoms with E-state index in [1.165, 1.54) is 11.3 Å². The molecule has 122 valence electrons. The molecular formula is C17H20N2O3S. The molecule has 1 aromatic carbocycles. The van der Waals surface area contributed by atoms with Crippen molar-refractivity contribution in [3.63, 3.8) is 0 Å². The zero-order valence-electron chi connectivity index (χ0n) is 13.6. The van der Waals surface area contributed by atoms with Gasteiger partial charge in [0.1, 0.15) is 5.60 Å². The van der Waals surface area contributed by atoms with Gasteiger partial charge in [0.2, 0.25) is 0 Å². The van der Waals surface area contributed by atoms with Crippen LogP contribution in [0.4, 0.5) is 4.79 Å². The standard InChI is InChI=1S/C17H20N2O3S/c1-11(19-16(21)22-17(2,3)4)12-6-5-7-13(8-12)14-9-18-15(10-20)23-14/h5-11H,1-4H3,(H,19,21)/t11-/m1/s1. The summed E-state index contributed by atoms with van der Waals surface area (Å²) >= 11 is 1.34. The predicted molar refractivity (Wildman–Crippen MR) is 90.7 cm³/mol. The van der Waals surface area contributed by atoms with Crippen molar-refractivity contribution >= 4 is 23.7 Å². The summed E-state index contributed by atoms with van der Waals surface area (Å²) in [5, 5.41) is 3.27. The summed E-state index contributed by atoms with van der Waals surface area (Å²) in [4.78, 5) is 27.6. The minimum absolute atomic E-state index is 0.191. The predicted octanol–water partition coefficient (Wildman–Crippen LogP) is 4.21. The van der Waals surface area contributed by atoms with Crippen molar-refractivity contribution in [3.8, 4) is 10.4 Å². The highest BCUT2D eigenvalue weighted by Gasteiger charge is 2.18. The Morgan fingerprint density at radius 1 is 1.39 bits per heavy atom. The van der Waals surface area contributed by atoms with Crippen LogP contribution in [-0.4, -0.2) is 23.0 Å². The number of ether oxygens (including phenoxy) is 1. The lowest BCUT2D eigenvalue weighted by Gasteiger charge is -2.22. The molecule has 0 spiro atoms. The Hall–Kier alpha value is -2.21. The van der Waals surface area contributed by atoms with Crippen LogP contribution in [0.2, 0.25) is 0 Å². The van der Waals surface area contributed by atoms with Gasteiger partial charge < -0.3 is 10.1 Å². The number of nitrogens with one attached hydrogen (secondary N) is 1. The number of thiazole rings is 1. The monoisotopic (exact) mass is 332 g/mol. The van der Waals surface area contributed by atoms with Gasteiger partial charge in [-0.25, -0.2) is 9.78 Å². The minimum atomic E-state index is -0.528. The van der Waals surface area contributed by atoms with Gasteiger partial charge in [-0.2, -0.15) is 0 Å². The number of carbonyl (C=O) groups excluding carboxylic acids is 2. The Labute approximate surface area is 139 Å². The van der Waals surface area contributed by atoms with Gasteiger partial charge in [0.15, 0.2) is 11.3 Å². The Bertz CT molecular complexity index is 704. The smallest absolute Gasteiger partial charge is 0.408 e. The fourth-order valence-corrected chi connectivity index (χ4v) is 2.73. The van der Waals surface area contributed by atoms with Crippen molar-refractivity contribution < 1.29 is 14.3 Å². The van der Waals surface area contributed by atoms with Gasteiger partial charge in [0.25, 0.3) is 0 Å². The summed E-state index contributed by atoms with van der Waals surface area (Å²) in [5.41, 5.74) is 1.39. The SMILES string of the molecule is C[C@@H](NC(=O)OC(C)(C)C)c1cccc(-c2cnc(C=O)s2)c1. The average Bonchev–Trinajstić information content (AvgIpc) is 2.94. The molecule has 0 saturated heterocycles. The summed E-state index contributed by atoms with van der Waals surface area (Å²) in [7, 11) is 0. The van der Waals surface area contributed by atoms with Crippen LogP contribution < -0.4 is 5.32 Å². The van der Waals surface area contributed by atoms with E-state index in [0.29, 0.717) is 5.01 Å². The van der Waals surface area contributed by atoms with E-state index in [1.807, 2.05) is 52.0 Å². The molecule has 0 unspecified atom stereocenters. The molecular weight excluding hydrogens is 312 g/mol. The molecule has 0 aliphatic rings. The molecule has 23 heavy (non-hydrogen) atoms. The average molecular weight is 332 g/mol. The first-order valence-corrected chi connectivity index (χ1v) is 8.11. The van der Waals surface area contributed by atoms with E-state index in [1.54, 1.807) is 6.20 Å². The van der Waals surface area contributed by atoms with Gasteiger partial charge in [-0.15, -0.1) is 11.3 Å². The van der Waals surface area contributed by atoms with E-state index < -0.39 is 11.7 Å². The van der Waals surface area contributed by atoms with E-state index in [0.717, 1.165) is 22.3 Å².